The molecule has 22 heavy (non-hydrogen) atoms. The number of fused-ring (bicyclic) bond motifs is 1. The first-order chi connectivity index (χ1) is 10.6. The third-order valence-corrected chi connectivity index (χ3v) is 5.11. The van der Waals surface area contributed by atoms with Crippen LogP contribution in [0.15, 0.2) is 35.7 Å². The van der Waals surface area contributed by atoms with Gasteiger partial charge in [-0.3, -0.25) is 10.1 Å². The second kappa shape index (κ2) is 6.10. The van der Waals surface area contributed by atoms with Gasteiger partial charge in [0.1, 0.15) is 0 Å². The van der Waals surface area contributed by atoms with E-state index in [1.165, 1.54) is 10.4 Å². The molecular weight excluding hydrogens is 320 g/mol. The maximum atomic E-state index is 12.4. The van der Waals surface area contributed by atoms with E-state index >= 15 is 0 Å². The summed E-state index contributed by atoms with van der Waals surface area (Å²) in [7, 11) is 0. The summed E-state index contributed by atoms with van der Waals surface area (Å²) < 4.78 is 0. The summed E-state index contributed by atoms with van der Waals surface area (Å²) in [5.74, 6) is -0.412. The lowest BCUT2D eigenvalue weighted by Gasteiger charge is -2.33. The SMILES string of the molecule is C[C@@H]1c2ccsc2CCN1C(=O)NC(=O)c1ccc(Cl)cc1. The second-order valence-electron chi connectivity index (χ2n) is 5.18. The molecule has 1 N–H and O–H groups in total. The average molecular weight is 335 g/mol. The van der Waals surface area contributed by atoms with Gasteiger partial charge < -0.3 is 4.90 Å². The summed E-state index contributed by atoms with van der Waals surface area (Å²) in [4.78, 5) is 27.5. The van der Waals surface area contributed by atoms with Gasteiger partial charge in [0, 0.05) is 22.0 Å². The molecule has 0 spiro atoms. The molecule has 1 aromatic carbocycles. The molecule has 4 nitrogen and oxygen atoms in total. The lowest BCUT2D eigenvalue weighted by Crippen LogP contribution is -2.46. The summed E-state index contributed by atoms with van der Waals surface area (Å²) in [6.45, 7) is 2.60. The minimum Gasteiger partial charge on any atom is -0.317 e. The number of carbonyl (C=O) groups excluding carboxylic acids is 2. The van der Waals surface area contributed by atoms with E-state index in [2.05, 4.69) is 5.32 Å². The van der Waals surface area contributed by atoms with Crippen LogP contribution in [-0.2, 0) is 6.42 Å². The van der Waals surface area contributed by atoms with Gasteiger partial charge >= 0.3 is 6.03 Å². The van der Waals surface area contributed by atoms with Crippen LogP contribution in [0.2, 0.25) is 5.02 Å². The highest BCUT2D eigenvalue weighted by Crippen LogP contribution is 2.32. The van der Waals surface area contributed by atoms with E-state index in [1.54, 1.807) is 40.5 Å². The first-order valence-corrected chi connectivity index (χ1v) is 8.26. The van der Waals surface area contributed by atoms with Crippen LogP contribution in [0, 0.1) is 0 Å². The zero-order valence-electron chi connectivity index (χ0n) is 12.0. The molecule has 0 unspecified atom stereocenters. The Bertz CT molecular complexity index is 711. The van der Waals surface area contributed by atoms with Crippen molar-refractivity contribution in [3.8, 4) is 0 Å². The number of rotatable bonds is 1. The molecule has 0 bridgehead atoms. The summed E-state index contributed by atoms with van der Waals surface area (Å²) in [6.07, 6.45) is 0.833. The summed E-state index contributed by atoms with van der Waals surface area (Å²) in [5.41, 5.74) is 1.59. The van der Waals surface area contributed by atoms with Crippen molar-refractivity contribution in [3.05, 3.63) is 56.7 Å². The van der Waals surface area contributed by atoms with Crippen LogP contribution in [0.25, 0.3) is 0 Å². The molecule has 3 amide bonds. The maximum absolute atomic E-state index is 12.4. The molecular formula is C16H15ClN2O2S. The van der Waals surface area contributed by atoms with Gasteiger partial charge in [-0.25, -0.2) is 4.79 Å². The molecule has 3 rings (SSSR count). The third-order valence-electron chi connectivity index (χ3n) is 3.86. The number of halogens is 1. The van der Waals surface area contributed by atoms with E-state index in [0.717, 1.165) is 6.42 Å². The number of nitrogens with one attached hydrogen (secondary N) is 1. The van der Waals surface area contributed by atoms with Crippen molar-refractivity contribution in [2.24, 2.45) is 0 Å². The van der Waals surface area contributed by atoms with Crippen molar-refractivity contribution in [1.29, 1.82) is 0 Å². The molecule has 1 aliphatic heterocycles. The van der Waals surface area contributed by atoms with E-state index in [-0.39, 0.29) is 12.1 Å². The summed E-state index contributed by atoms with van der Waals surface area (Å²) >= 11 is 7.51. The molecule has 0 aliphatic carbocycles. The Balaban J connectivity index is 1.70. The van der Waals surface area contributed by atoms with Crippen LogP contribution in [0.3, 0.4) is 0 Å². The zero-order chi connectivity index (χ0) is 15.7. The number of amides is 3. The molecule has 0 saturated carbocycles. The van der Waals surface area contributed by atoms with Crippen LogP contribution in [-0.4, -0.2) is 23.4 Å². The first kappa shape index (κ1) is 15.1. The largest absolute Gasteiger partial charge is 0.324 e. The Hall–Kier alpha value is -1.85. The van der Waals surface area contributed by atoms with E-state index in [4.69, 9.17) is 11.6 Å². The second-order valence-corrected chi connectivity index (χ2v) is 6.62. The van der Waals surface area contributed by atoms with Crippen molar-refractivity contribution in [3.63, 3.8) is 0 Å². The fourth-order valence-electron chi connectivity index (χ4n) is 2.63. The van der Waals surface area contributed by atoms with Gasteiger partial charge in [-0.05, 0) is 54.6 Å². The Labute approximate surface area is 137 Å². The van der Waals surface area contributed by atoms with Crippen molar-refractivity contribution < 1.29 is 9.59 Å². The van der Waals surface area contributed by atoms with E-state index in [0.29, 0.717) is 17.1 Å². The molecule has 1 atom stereocenters. The summed E-state index contributed by atoms with van der Waals surface area (Å²) in [5, 5.41) is 5.04. The smallest absolute Gasteiger partial charge is 0.317 e. The Morgan fingerprint density at radius 3 is 2.73 bits per heavy atom. The van der Waals surface area contributed by atoms with E-state index < -0.39 is 5.91 Å². The number of imide groups is 1. The molecule has 114 valence electrons. The number of benzene rings is 1. The number of hydrogen-bond acceptors (Lipinski definition) is 3. The van der Waals surface area contributed by atoms with Gasteiger partial charge in [-0.2, -0.15) is 0 Å². The number of hydrogen-bond donors (Lipinski definition) is 1. The number of thiophene rings is 1. The molecule has 1 aromatic heterocycles. The van der Waals surface area contributed by atoms with Crippen LogP contribution in [0.4, 0.5) is 4.79 Å². The normalized spacial score (nSPS) is 17.0. The molecule has 0 fully saturated rings. The predicted octanol–water partition coefficient (Wildman–Crippen LogP) is 3.87. The van der Waals surface area contributed by atoms with E-state index in [9.17, 15) is 9.59 Å². The standard InChI is InChI=1S/C16H15ClN2O2S/c1-10-13-7-9-22-14(13)6-8-19(10)16(21)18-15(20)11-2-4-12(17)5-3-11/h2-5,7,9-10H,6,8H2,1H3,(H,18,20,21)/t10-/m1/s1. The minimum atomic E-state index is -0.412. The highest BCUT2D eigenvalue weighted by atomic mass is 35.5. The fraction of sp³-hybridized carbons (Fsp3) is 0.250. The van der Waals surface area contributed by atoms with Crippen molar-refractivity contribution >= 4 is 34.9 Å². The van der Waals surface area contributed by atoms with E-state index in [1.807, 2.05) is 18.4 Å². The lowest BCUT2D eigenvalue weighted by molar-refractivity contribution is 0.0944. The van der Waals surface area contributed by atoms with Gasteiger partial charge in [0.2, 0.25) is 0 Å². The van der Waals surface area contributed by atoms with Crippen LogP contribution < -0.4 is 5.32 Å². The van der Waals surface area contributed by atoms with Gasteiger partial charge in [0.25, 0.3) is 5.91 Å². The average Bonchev–Trinajstić information content (AvgIpc) is 2.97. The van der Waals surface area contributed by atoms with Crippen LogP contribution >= 0.6 is 22.9 Å². The van der Waals surface area contributed by atoms with Crippen LogP contribution in [0.5, 0.6) is 0 Å². The van der Waals surface area contributed by atoms with Gasteiger partial charge in [0.05, 0.1) is 6.04 Å². The molecule has 1 aliphatic rings. The Morgan fingerprint density at radius 2 is 2.00 bits per heavy atom. The maximum Gasteiger partial charge on any atom is 0.324 e. The Morgan fingerprint density at radius 1 is 1.27 bits per heavy atom. The minimum absolute atomic E-state index is 0.0204. The quantitative estimate of drug-likeness (QED) is 0.860. The van der Waals surface area contributed by atoms with Gasteiger partial charge in [-0.15, -0.1) is 11.3 Å². The van der Waals surface area contributed by atoms with Crippen molar-refractivity contribution in [1.82, 2.24) is 10.2 Å². The highest BCUT2D eigenvalue weighted by molar-refractivity contribution is 7.10. The lowest BCUT2D eigenvalue weighted by atomic mass is 10.0. The zero-order valence-corrected chi connectivity index (χ0v) is 13.6. The molecule has 0 saturated heterocycles. The molecule has 0 radical (unpaired) electrons. The first-order valence-electron chi connectivity index (χ1n) is 7.00. The number of carbonyl (C=O) groups is 2. The topological polar surface area (TPSA) is 49.4 Å². The highest BCUT2D eigenvalue weighted by Gasteiger charge is 2.29. The molecule has 2 aromatic rings. The predicted molar refractivity (Wildman–Crippen MR) is 87.5 cm³/mol. The molecule has 6 heteroatoms. The number of urea groups is 1. The molecule has 2 heterocycles. The van der Waals surface area contributed by atoms with Gasteiger partial charge in [0.15, 0.2) is 0 Å². The third kappa shape index (κ3) is 2.87. The Kier molecular flexibility index (Phi) is 4.18. The van der Waals surface area contributed by atoms with Crippen molar-refractivity contribution in [2.75, 3.05) is 6.54 Å². The van der Waals surface area contributed by atoms with Gasteiger partial charge in [-0.1, -0.05) is 11.6 Å². The number of nitrogens with zero attached hydrogens (tertiary/aromatic N) is 1. The van der Waals surface area contributed by atoms with Crippen LogP contribution in [0.1, 0.15) is 33.8 Å². The monoisotopic (exact) mass is 334 g/mol. The fourth-order valence-corrected chi connectivity index (χ4v) is 3.72. The van der Waals surface area contributed by atoms with Crippen molar-refractivity contribution in [2.45, 2.75) is 19.4 Å². The summed E-state index contributed by atoms with van der Waals surface area (Å²) in [6, 6.07) is 8.12.